The molecule has 1 aliphatic rings. The van der Waals surface area contributed by atoms with E-state index in [2.05, 4.69) is 20.6 Å². The highest BCUT2D eigenvalue weighted by molar-refractivity contribution is 5.96. The minimum absolute atomic E-state index is 0.238. The number of carboxylic acids is 1. The van der Waals surface area contributed by atoms with Gasteiger partial charge >= 0.3 is 5.97 Å². The van der Waals surface area contributed by atoms with Crippen molar-refractivity contribution in [1.29, 1.82) is 0 Å². The highest BCUT2D eigenvalue weighted by Gasteiger charge is 2.31. The number of aliphatic carboxylic acids is 1. The fourth-order valence-electron chi connectivity index (χ4n) is 4.37. The Balaban J connectivity index is 1.36. The molecule has 5 rings (SSSR count). The number of carbonyl (C=O) groups excluding carboxylic acids is 2. The number of para-hydroxylation sites is 2. The summed E-state index contributed by atoms with van der Waals surface area (Å²) in [5.41, 5.74) is 4.48. The van der Waals surface area contributed by atoms with Crippen LogP contribution in [0.2, 0.25) is 0 Å². The lowest BCUT2D eigenvalue weighted by molar-refractivity contribution is -0.141. The zero-order chi connectivity index (χ0) is 25.1. The Morgan fingerprint density at radius 2 is 1.83 bits per heavy atom. The van der Waals surface area contributed by atoms with Crippen LogP contribution in [0.15, 0.2) is 72.8 Å². The largest absolute Gasteiger partial charge is 0.481 e. The van der Waals surface area contributed by atoms with Gasteiger partial charge in [0.1, 0.15) is 11.9 Å². The van der Waals surface area contributed by atoms with Crippen LogP contribution >= 0.6 is 0 Å². The fourth-order valence-corrected chi connectivity index (χ4v) is 4.37. The summed E-state index contributed by atoms with van der Waals surface area (Å²) in [6.07, 6.45) is -0.344. The number of H-pyrrole nitrogens is 1. The van der Waals surface area contributed by atoms with E-state index in [1.54, 1.807) is 23.1 Å². The van der Waals surface area contributed by atoms with Gasteiger partial charge in [-0.05, 0) is 41.5 Å². The molecule has 36 heavy (non-hydrogen) atoms. The van der Waals surface area contributed by atoms with Gasteiger partial charge in [-0.15, -0.1) is 0 Å². The van der Waals surface area contributed by atoms with Gasteiger partial charge in [-0.3, -0.25) is 14.4 Å². The Bertz CT molecular complexity index is 1400. The van der Waals surface area contributed by atoms with Crippen molar-refractivity contribution in [2.45, 2.75) is 32.1 Å². The second-order valence-electron chi connectivity index (χ2n) is 8.73. The number of aromatic amines is 1. The summed E-state index contributed by atoms with van der Waals surface area (Å²) in [5, 5.41) is 15.3. The second kappa shape index (κ2) is 9.91. The monoisotopic (exact) mass is 483 g/mol. The van der Waals surface area contributed by atoms with Crippen molar-refractivity contribution in [2.75, 3.05) is 5.32 Å². The fraction of sp³-hybridized carbons (Fsp3) is 0.185. The molecule has 0 fully saturated rings. The molecule has 4 N–H and O–H groups in total. The van der Waals surface area contributed by atoms with Crippen LogP contribution in [0.1, 0.15) is 33.7 Å². The number of imidazole rings is 1. The van der Waals surface area contributed by atoms with Crippen LogP contribution < -0.4 is 10.6 Å². The first-order chi connectivity index (χ1) is 17.5. The van der Waals surface area contributed by atoms with E-state index in [1.807, 2.05) is 54.6 Å². The number of nitrogens with zero attached hydrogens (tertiary/aromatic N) is 2. The molecular formula is C27H25N5O4. The molecule has 2 amide bonds. The maximum atomic E-state index is 13.2. The van der Waals surface area contributed by atoms with Gasteiger partial charge in [-0.25, -0.2) is 4.98 Å². The number of carboxylic acid groups (broad SMARTS) is 1. The lowest BCUT2D eigenvalue weighted by atomic mass is 10.1. The quantitative estimate of drug-likeness (QED) is 0.319. The van der Waals surface area contributed by atoms with Crippen molar-refractivity contribution in [3.05, 3.63) is 95.3 Å². The topological polar surface area (TPSA) is 127 Å². The van der Waals surface area contributed by atoms with Crippen molar-refractivity contribution in [1.82, 2.24) is 20.2 Å². The van der Waals surface area contributed by atoms with Gasteiger partial charge in [0.2, 0.25) is 5.91 Å². The van der Waals surface area contributed by atoms with Crippen molar-refractivity contribution in [3.8, 4) is 0 Å². The van der Waals surface area contributed by atoms with Crippen LogP contribution in [0, 0.1) is 0 Å². The molecule has 0 spiro atoms. The second-order valence-corrected chi connectivity index (χ2v) is 8.73. The first-order valence-corrected chi connectivity index (χ1v) is 11.6. The number of anilines is 1. The average molecular weight is 484 g/mol. The molecule has 4 aromatic rings. The molecule has 3 aromatic carbocycles. The molecule has 0 radical (unpaired) electrons. The number of hydrogen-bond acceptors (Lipinski definition) is 5. The van der Waals surface area contributed by atoms with Crippen LogP contribution in [0.4, 0.5) is 5.69 Å². The Hall–Kier alpha value is -4.66. The third kappa shape index (κ3) is 5.05. The maximum absolute atomic E-state index is 13.2. The standard InChI is InChI=1S/C27H25N5O4/c33-25(34)13-23-27(36)32(15-17-6-2-1-3-7-17)16-19-12-18(10-11-20(19)29-23)26(35)28-14-24-30-21-8-4-5-9-22(21)31-24/h1-12,23,29H,13-16H2,(H,28,35)(H,30,31)(H,33,34)/t23-/m0/s1. The first kappa shape index (κ1) is 23.1. The number of carbonyl (C=O) groups is 3. The molecule has 1 aliphatic heterocycles. The van der Waals surface area contributed by atoms with E-state index >= 15 is 0 Å². The number of rotatable bonds is 7. The summed E-state index contributed by atoms with van der Waals surface area (Å²) in [4.78, 5) is 46.8. The molecule has 1 atom stereocenters. The Labute approximate surface area is 207 Å². The smallest absolute Gasteiger partial charge is 0.305 e. The molecule has 0 bridgehead atoms. The highest BCUT2D eigenvalue weighted by atomic mass is 16.4. The van der Waals surface area contributed by atoms with Crippen molar-refractivity contribution in [3.63, 3.8) is 0 Å². The van der Waals surface area contributed by atoms with Gasteiger partial charge in [0.15, 0.2) is 0 Å². The van der Waals surface area contributed by atoms with E-state index in [9.17, 15) is 19.5 Å². The number of fused-ring (bicyclic) bond motifs is 2. The SMILES string of the molecule is O=C(O)C[C@@H]1Nc2ccc(C(=O)NCc3nc4ccccc4[nH]3)cc2CN(Cc2ccccc2)C1=O. The van der Waals surface area contributed by atoms with Crippen LogP contribution in [-0.2, 0) is 29.2 Å². The van der Waals surface area contributed by atoms with Gasteiger partial charge in [-0.2, -0.15) is 0 Å². The van der Waals surface area contributed by atoms with Crippen LogP contribution in [-0.4, -0.2) is 43.8 Å². The lowest BCUT2D eigenvalue weighted by Gasteiger charge is -2.24. The summed E-state index contributed by atoms with van der Waals surface area (Å²) in [7, 11) is 0. The lowest BCUT2D eigenvalue weighted by Crippen LogP contribution is -2.41. The average Bonchev–Trinajstić information content (AvgIpc) is 3.25. The first-order valence-electron chi connectivity index (χ1n) is 11.6. The molecular weight excluding hydrogens is 458 g/mol. The number of hydrogen-bond donors (Lipinski definition) is 4. The zero-order valence-corrected chi connectivity index (χ0v) is 19.4. The maximum Gasteiger partial charge on any atom is 0.305 e. The number of aromatic nitrogens is 2. The van der Waals surface area contributed by atoms with Gasteiger partial charge < -0.3 is 25.6 Å². The van der Waals surface area contributed by atoms with E-state index in [4.69, 9.17) is 0 Å². The minimum atomic E-state index is -1.06. The molecule has 182 valence electrons. The predicted molar refractivity (Wildman–Crippen MR) is 134 cm³/mol. The van der Waals surface area contributed by atoms with Crippen LogP contribution in [0.5, 0.6) is 0 Å². The molecule has 2 heterocycles. The van der Waals surface area contributed by atoms with E-state index < -0.39 is 12.0 Å². The summed E-state index contributed by atoms with van der Waals surface area (Å²) in [6.45, 7) is 0.818. The van der Waals surface area contributed by atoms with Gasteiger partial charge in [-0.1, -0.05) is 42.5 Å². The third-order valence-electron chi connectivity index (χ3n) is 6.12. The molecule has 0 unspecified atom stereocenters. The minimum Gasteiger partial charge on any atom is -0.481 e. The Morgan fingerprint density at radius 1 is 1.06 bits per heavy atom. The van der Waals surface area contributed by atoms with Gasteiger partial charge in [0.05, 0.1) is 24.0 Å². The van der Waals surface area contributed by atoms with Crippen molar-refractivity contribution < 1.29 is 19.5 Å². The number of amides is 2. The molecule has 1 aromatic heterocycles. The van der Waals surface area contributed by atoms with Crippen molar-refractivity contribution in [2.24, 2.45) is 0 Å². The van der Waals surface area contributed by atoms with E-state index in [0.29, 0.717) is 23.6 Å². The Kier molecular flexibility index (Phi) is 6.36. The summed E-state index contributed by atoms with van der Waals surface area (Å²) in [5.74, 6) is -0.985. The third-order valence-corrected chi connectivity index (χ3v) is 6.12. The van der Waals surface area contributed by atoms with Gasteiger partial charge in [0.25, 0.3) is 5.91 Å². The predicted octanol–water partition coefficient (Wildman–Crippen LogP) is 3.29. The van der Waals surface area contributed by atoms with Gasteiger partial charge in [0, 0.05) is 24.3 Å². The molecule has 9 heteroatoms. The molecule has 9 nitrogen and oxygen atoms in total. The van der Waals surface area contributed by atoms with Crippen LogP contribution in [0.25, 0.3) is 11.0 Å². The molecule has 0 saturated carbocycles. The zero-order valence-electron chi connectivity index (χ0n) is 19.4. The normalized spacial score (nSPS) is 15.2. The highest BCUT2D eigenvalue weighted by Crippen LogP contribution is 2.26. The molecule has 0 saturated heterocycles. The molecule has 0 aliphatic carbocycles. The van der Waals surface area contributed by atoms with Crippen molar-refractivity contribution >= 4 is 34.5 Å². The van der Waals surface area contributed by atoms with E-state index in [1.165, 1.54) is 0 Å². The summed E-state index contributed by atoms with van der Waals surface area (Å²) >= 11 is 0. The number of benzene rings is 3. The summed E-state index contributed by atoms with van der Waals surface area (Å²) < 4.78 is 0. The van der Waals surface area contributed by atoms with E-state index in [0.717, 1.165) is 22.2 Å². The summed E-state index contributed by atoms with van der Waals surface area (Å²) in [6, 6.07) is 21.4. The van der Waals surface area contributed by atoms with Crippen LogP contribution in [0.3, 0.4) is 0 Å². The number of nitrogens with one attached hydrogen (secondary N) is 3. The van der Waals surface area contributed by atoms with E-state index in [-0.39, 0.29) is 31.3 Å². The Morgan fingerprint density at radius 3 is 2.61 bits per heavy atom.